The second-order valence-electron chi connectivity index (χ2n) is 7.75. The highest BCUT2D eigenvalue weighted by Gasteiger charge is 2.29. The first-order valence-electron chi connectivity index (χ1n) is 11.2. The van der Waals surface area contributed by atoms with Crippen molar-refractivity contribution >= 4 is 35.7 Å². The molecule has 0 atom stereocenters. The van der Waals surface area contributed by atoms with Crippen molar-refractivity contribution in [2.24, 2.45) is 0 Å². The van der Waals surface area contributed by atoms with Crippen LogP contribution in [0.15, 0.2) is 0 Å². The van der Waals surface area contributed by atoms with Gasteiger partial charge in [0.1, 0.15) is 0 Å². The Morgan fingerprint density at radius 2 is 0.556 bits per heavy atom. The van der Waals surface area contributed by atoms with E-state index < -0.39 is 0 Å². The molecule has 0 bridgehead atoms. The Labute approximate surface area is 206 Å². The van der Waals surface area contributed by atoms with Gasteiger partial charge in [-0.1, -0.05) is 20.8 Å². The van der Waals surface area contributed by atoms with Crippen LogP contribution < -0.4 is 34.4 Å². The maximum atomic E-state index is 5.94. The Bertz CT molecular complexity index is 1210. The fourth-order valence-electron chi connectivity index (χ4n) is 4.36. The number of hydrogen-bond acceptors (Lipinski definition) is 15. The Morgan fingerprint density at radius 3 is 0.722 bits per heavy atom. The summed E-state index contributed by atoms with van der Waals surface area (Å²) in [5, 5.41) is 0. The smallest absolute Gasteiger partial charge is 0.225 e. The summed E-state index contributed by atoms with van der Waals surface area (Å²) >= 11 is 0. The molecule has 0 aliphatic rings. The summed E-state index contributed by atoms with van der Waals surface area (Å²) in [5.74, 6) is 0.714. The molecule has 15 heteroatoms. The largest absolute Gasteiger partial charge is 0.368 e. The first kappa shape index (κ1) is 24.2. The zero-order valence-electron chi connectivity index (χ0n) is 20.1. The van der Waals surface area contributed by atoms with Gasteiger partial charge in [-0.3, -0.25) is 0 Å². The first-order valence-corrected chi connectivity index (χ1v) is 11.2. The molecule has 0 saturated carbocycles. The van der Waals surface area contributed by atoms with E-state index in [4.69, 9.17) is 34.4 Å². The number of nitrogens with two attached hydrogens (primary N) is 6. The van der Waals surface area contributed by atoms with Gasteiger partial charge in [-0.25, -0.2) is 0 Å². The normalized spacial score (nSPS) is 11.1. The average Bonchev–Trinajstić information content (AvgIpc) is 2.80. The van der Waals surface area contributed by atoms with E-state index in [-0.39, 0.29) is 53.2 Å². The molecule has 0 amide bonds. The number of anilines is 6. The van der Waals surface area contributed by atoms with Crippen LogP contribution in [-0.2, 0) is 19.3 Å². The van der Waals surface area contributed by atoms with Crippen LogP contribution in [0.4, 0.5) is 35.7 Å². The molecule has 0 saturated heterocycles. The van der Waals surface area contributed by atoms with E-state index in [2.05, 4.69) is 44.9 Å². The minimum atomic E-state index is -0.0217. The third-order valence-corrected chi connectivity index (χ3v) is 5.55. The van der Waals surface area contributed by atoms with Gasteiger partial charge in [0.2, 0.25) is 35.7 Å². The van der Waals surface area contributed by atoms with Gasteiger partial charge in [0, 0.05) is 16.7 Å². The van der Waals surface area contributed by atoms with Gasteiger partial charge in [0.25, 0.3) is 0 Å². The lowest BCUT2D eigenvalue weighted by Crippen LogP contribution is -2.14. The maximum absolute atomic E-state index is 5.94. The molecule has 36 heavy (non-hydrogen) atoms. The van der Waals surface area contributed by atoms with E-state index in [9.17, 15) is 0 Å². The van der Waals surface area contributed by atoms with Crippen LogP contribution in [0.3, 0.4) is 0 Å². The van der Waals surface area contributed by atoms with Crippen LogP contribution in [-0.4, -0.2) is 44.9 Å². The highest BCUT2D eigenvalue weighted by molar-refractivity contribution is 5.88. The molecule has 0 unspecified atom stereocenters. The predicted octanol–water partition coefficient (Wildman–Crippen LogP) is 0.423. The Kier molecular flexibility index (Phi) is 6.29. The number of hydrogen-bond donors (Lipinski definition) is 6. The van der Waals surface area contributed by atoms with Crippen LogP contribution in [0.25, 0.3) is 34.2 Å². The molecular weight excluding hydrogens is 462 g/mol. The van der Waals surface area contributed by atoms with Gasteiger partial charge in [-0.2, -0.15) is 44.9 Å². The van der Waals surface area contributed by atoms with Crippen molar-refractivity contribution in [2.45, 2.75) is 40.0 Å². The number of nitrogens with zero attached hydrogens (tertiary/aromatic N) is 9. The minimum Gasteiger partial charge on any atom is -0.368 e. The van der Waals surface area contributed by atoms with Crippen molar-refractivity contribution in [1.82, 2.24) is 44.9 Å². The summed E-state index contributed by atoms with van der Waals surface area (Å²) in [7, 11) is 0. The third kappa shape index (κ3) is 4.28. The fourth-order valence-corrected chi connectivity index (χ4v) is 4.36. The zero-order valence-corrected chi connectivity index (χ0v) is 20.1. The minimum absolute atomic E-state index is 0.0217. The lowest BCUT2D eigenvalue weighted by Gasteiger charge is -2.24. The summed E-state index contributed by atoms with van der Waals surface area (Å²) < 4.78 is 0. The van der Waals surface area contributed by atoms with Gasteiger partial charge in [-0.05, 0) is 36.0 Å². The van der Waals surface area contributed by atoms with E-state index in [0.29, 0.717) is 36.0 Å². The molecule has 4 rings (SSSR count). The maximum Gasteiger partial charge on any atom is 0.225 e. The van der Waals surface area contributed by atoms with Crippen LogP contribution >= 0.6 is 0 Å². The Balaban J connectivity index is 2.28. The number of nitrogen functional groups attached to an aromatic ring is 6. The summed E-state index contributed by atoms with van der Waals surface area (Å²) in [6.07, 6.45) is 1.64. The summed E-state index contributed by atoms with van der Waals surface area (Å²) in [6, 6.07) is 0. The molecule has 0 aliphatic heterocycles. The standard InChI is InChI=1S/C21H27N15/c1-4-7-10(13-28-16(22)34-17(23)29-13)8(5-2)12(15-32-20(26)36-21(27)33-15)9(6-3)11(7)14-30-18(24)35-19(25)31-14/h4-6H2,1-3H3,(H4,22,23,28,29,34)(H4,24,25,30,31,35)(H4,26,27,32,33,36). The van der Waals surface area contributed by atoms with Gasteiger partial charge >= 0.3 is 0 Å². The van der Waals surface area contributed by atoms with Crippen molar-refractivity contribution in [2.75, 3.05) is 34.4 Å². The summed E-state index contributed by atoms with van der Waals surface area (Å²) in [4.78, 5) is 38.1. The van der Waals surface area contributed by atoms with E-state index in [0.717, 1.165) is 16.7 Å². The van der Waals surface area contributed by atoms with Crippen molar-refractivity contribution in [3.05, 3.63) is 16.7 Å². The highest BCUT2D eigenvalue weighted by Crippen LogP contribution is 2.43. The zero-order chi connectivity index (χ0) is 26.1. The lowest BCUT2D eigenvalue weighted by atomic mass is 9.82. The van der Waals surface area contributed by atoms with Crippen LogP contribution in [0.5, 0.6) is 0 Å². The lowest BCUT2D eigenvalue weighted by molar-refractivity contribution is 0.993. The van der Waals surface area contributed by atoms with Gasteiger partial charge in [0.05, 0.1) is 0 Å². The summed E-state index contributed by atoms with van der Waals surface area (Å²) in [5.41, 5.74) is 40.1. The average molecular weight is 490 g/mol. The van der Waals surface area contributed by atoms with E-state index in [1.54, 1.807) is 0 Å². The number of aromatic nitrogens is 9. The summed E-state index contributed by atoms with van der Waals surface area (Å²) in [6.45, 7) is 5.96. The van der Waals surface area contributed by atoms with Gasteiger partial charge in [-0.15, -0.1) is 0 Å². The molecule has 1 aromatic carbocycles. The van der Waals surface area contributed by atoms with Crippen molar-refractivity contribution in [3.8, 4) is 34.2 Å². The van der Waals surface area contributed by atoms with Crippen LogP contribution in [0.1, 0.15) is 37.5 Å². The Morgan fingerprint density at radius 1 is 0.361 bits per heavy atom. The van der Waals surface area contributed by atoms with Crippen LogP contribution in [0, 0.1) is 0 Å². The molecule has 12 N–H and O–H groups in total. The molecule has 3 aromatic heterocycles. The molecule has 0 spiro atoms. The van der Waals surface area contributed by atoms with Crippen molar-refractivity contribution in [3.63, 3.8) is 0 Å². The molecule has 15 nitrogen and oxygen atoms in total. The van der Waals surface area contributed by atoms with E-state index in [1.807, 2.05) is 20.8 Å². The number of benzene rings is 1. The highest BCUT2D eigenvalue weighted by atomic mass is 15.2. The third-order valence-electron chi connectivity index (χ3n) is 5.55. The molecule has 0 aliphatic carbocycles. The number of rotatable bonds is 6. The van der Waals surface area contributed by atoms with Gasteiger partial charge in [0.15, 0.2) is 17.5 Å². The molecular formula is C21H27N15. The Hall–Kier alpha value is -4.95. The topological polar surface area (TPSA) is 272 Å². The van der Waals surface area contributed by atoms with Crippen molar-refractivity contribution in [1.29, 1.82) is 0 Å². The molecule has 0 radical (unpaired) electrons. The SMILES string of the molecule is CCc1c(-c2nc(N)nc(N)n2)c(CC)c(-c2nc(N)nc(N)n2)c(CC)c1-c1nc(N)nc(N)n1. The van der Waals surface area contributed by atoms with E-state index >= 15 is 0 Å². The van der Waals surface area contributed by atoms with Crippen molar-refractivity contribution < 1.29 is 0 Å². The first-order chi connectivity index (χ1) is 17.2. The molecule has 186 valence electrons. The predicted molar refractivity (Wildman–Crippen MR) is 138 cm³/mol. The fraction of sp³-hybridized carbons (Fsp3) is 0.286. The second-order valence-corrected chi connectivity index (χ2v) is 7.75. The quantitative estimate of drug-likeness (QED) is 0.214. The van der Waals surface area contributed by atoms with Crippen LogP contribution in [0.2, 0.25) is 0 Å². The molecule has 3 heterocycles. The van der Waals surface area contributed by atoms with Gasteiger partial charge < -0.3 is 34.4 Å². The second kappa shape index (κ2) is 9.36. The van der Waals surface area contributed by atoms with E-state index in [1.165, 1.54) is 0 Å². The monoisotopic (exact) mass is 489 g/mol. The molecule has 4 aromatic rings. The molecule has 0 fully saturated rings.